The van der Waals surface area contributed by atoms with Crippen molar-refractivity contribution in [2.75, 3.05) is 12.5 Å². The fourth-order valence-electron chi connectivity index (χ4n) is 3.26. The van der Waals surface area contributed by atoms with E-state index in [-0.39, 0.29) is 5.60 Å². The summed E-state index contributed by atoms with van der Waals surface area (Å²) in [7, 11) is 1.99. The topological polar surface area (TPSA) is 44.9 Å². The highest BCUT2D eigenvalue weighted by molar-refractivity contribution is 6.17. The van der Waals surface area contributed by atoms with Crippen LogP contribution in [0.2, 0.25) is 0 Å². The van der Waals surface area contributed by atoms with Gasteiger partial charge in [0.2, 0.25) is 0 Å². The Morgan fingerprint density at radius 3 is 2.86 bits per heavy atom. The average Bonchev–Trinajstić information content (AvgIpc) is 3.10. The molecule has 5 nitrogen and oxygen atoms in total. The van der Waals surface area contributed by atoms with Gasteiger partial charge in [0.05, 0.1) is 17.8 Å². The van der Waals surface area contributed by atoms with Gasteiger partial charge in [-0.3, -0.25) is 4.68 Å². The highest BCUT2D eigenvalue weighted by Crippen LogP contribution is 2.30. The van der Waals surface area contributed by atoms with Gasteiger partial charge < -0.3 is 9.30 Å². The molecule has 2 aromatic rings. The number of nitrogens with zero attached hydrogens (tertiary/aromatic N) is 4. The monoisotopic (exact) mass is 310 g/mol. The Morgan fingerprint density at radius 1 is 1.43 bits per heavy atom. The van der Waals surface area contributed by atoms with Crippen LogP contribution in [0.1, 0.15) is 38.2 Å². The summed E-state index contributed by atoms with van der Waals surface area (Å²) in [5.41, 5.74) is 3.05. The number of alkyl halides is 1. The normalized spacial score (nSPS) is 22.5. The molecule has 0 spiro atoms. The smallest absolute Gasteiger partial charge is 0.158 e. The summed E-state index contributed by atoms with van der Waals surface area (Å²) in [6.45, 7) is 5.97. The second-order valence-corrected chi connectivity index (χ2v) is 6.43. The molecule has 0 amide bonds. The van der Waals surface area contributed by atoms with E-state index in [1.165, 1.54) is 0 Å². The van der Waals surface area contributed by atoms with Crippen molar-refractivity contribution in [3.63, 3.8) is 0 Å². The highest BCUT2D eigenvalue weighted by atomic mass is 35.5. The zero-order chi connectivity index (χ0) is 15.0. The largest absolute Gasteiger partial charge is 0.373 e. The van der Waals surface area contributed by atoms with Crippen LogP contribution in [0.4, 0.5) is 0 Å². The molecule has 1 aliphatic rings. The lowest BCUT2D eigenvalue weighted by molar-refractivity contribution is 0.00631. The quantitative estimate of drug-likeness (QED) is 0.798. The number of hydrogen-bond donors (Lipinski definition) is 0. The number of ether oxygens (including phenoxy) is 1. The van der Waals surface area contributed by atoms with Gasteiger partial charge in [-0.1, -0.05) is 6.92 Å². The average molecular weight is 311 g/mol. The van der Waals surface area contributed by atoms with Gasteiger partial charge in [0.25, 0.3) is 0 Å². The van der Waals surface area contributed by atoms with E-state index in [1.807, 2.05) is 11.7 Å². The van der Waals surface area contributed by atoms with Crippen LogP contribution in [0.3, 0.4) is 0 Å². The van der Waals surface area contributed by atoms with Crippen LogP contribution >= 0.6 is 11.6 Å². The van der Waals surface area contributed by atoms with Crippen molar-refractivity contribution in [3.05, 3.63) is 11.5 Å². The van der Waals surface area contributed by atoms with Crippen LogP contribution in [0.15, 0.2) is 0 Å². The van der Waals surface area contributed by atoms with Crippen molar-refractivity contribution in [1.29, 1.82) is 0 Å². The molecule has 1 fully saturated rings. The zero-order valence-corrected chi connectivity index (χ0v) is 13.8. The molecule has 0 radical (unpaired) electrons. The minimum Gasteiger partial charge on any atom is -0.373 e. The highest BCUT2D eigenvalue weighted by Gasteiger charge is 2.32. The summed E-state index contributed by atoms with van der Waals surface area (Å²) in [6, 6.07) is 0. The van der Waals surface area contributed by atoms with E-state index in [0.29, 0.717) is 5.88 Å². The first-order valence-corrected chi connectivity index (χ1v) is 8.22. The van der Waals surface area contributed by atoms with Crippen LogP contribution < -0.4 is 0 Å². The third-order valence-corrected chi connectivity index (χ3v) is 4.51. The summed E-state index contributed by atoms with van der Waals surface area (Å²) in [4.78, 5) is 4.81. The molecule has 21 heavy (non-hydrogen) atoms. The van der Waals surface area contributed by atoms with Gasteiger partial charge in [-0.2, -0.15) is 5.10 Å². The fraction of sp³-hybridized carbons (Fsp3) is 0.733. The van der Waals surface area contributed by atoms with Crippen molar-refractivity contribution in [1.82, 2.24) is 19.3 Å². The summed E-state index contributed by atoms with van der Waals surface area (Å²) in [6.07, 6.45) is 3.88. The van der Waals surface area contributed by atoms with Crippen LogP contribution in [0.5, 0.6) is 0 Å². The van der Waals surface area contributed by atoms with Crippen LogP contribution in [-0.4, -0.2) is 37.4 Å². The summed E-state index contributed by atoms with van der Waals surface area (Å²) in [5, 5.41) is 4.59. The first kappa shape index (κ1) is 14.9. The maximum atomic E-state index is 5.96. The molecule has 1 atom stereocenters. The molecule has 1 aliphatic heterocycles. The predicted octanol–water partition coefficient (Wildman–Crippen LogP) is 2.68. The minimum atomic E-state index is -0.106. The third kappa shape index (κ3) is 2.57. The number of hydrogen-bond acceptors (Lipinski definition) is 3. The molecule has 3 heterocycles. The molecule has 0 aliphatic carbocycles. The molecule has 6 heteroatoms. The maximum absolute atomic E-state index is 5.96. The van der Waals surface area contributed by atoms with Gasteiger partial charge in [-0.25, -0.2) is 4.98 Å². The van der Waals surface area contributed by atoms with Crippen molar-refractivity contribution in [2.45, 2.75) is 51.7 Å². The van der Waals surface area contributed by atoms with Gasteiger partial charge in [0.15, 0.2) is 5.65 Å². The van der Waals surface area contributed by atoms with Crippen molar-refractivity contribution in [2.24, 2.45) is 7.05 Å². The number of rotatable bonds is 5. The van der Waals surface area contributed by atoms with Crippen LogP contribution in [0, 0.1) is 0 Å². The Kier molecular flexibility index (Phi) is 3.97. The Labute approximate surface area is 130 Å². The Balaban J connectivity index is 2.09. The second-order valence-electron chi connectivity index (χ2n) is 6.05. The molecular formula is C15H23ClN4O. The summed E-state index contributed by atoms with van der Waals surface area (Å²) < 4.78 is 10.2. The SMILES string of the molecule is CCc1nn(C)c2c1nc(CCCl)n2CC1(C)CCCO1. The molecule has 0 N–H and O–H groups in total. The Morgan fingerprint density at radius 2 is 2.24 bits per heavy atom. The number of aryl methyl sites for hydroxylation is 3. The van der Waals surface area contributed by atoms with Gasteiger partial charge >= 0.3 is 0 Å². The molecule has 0 bridgehead atoms. The van der Waals surface area contributed by atoms with Gasteiger partial charge in [-0.15, -0.1) is 11.6 Å². The summed E-state index contributed by atoms with van der Waals surface area (Å²) >= 11 is 5.96. The van der Waals surface area contributed by atoms with Gasteiger partial charge in [-0.05, 0) is 26.2 Å². The van der Waals surface area contributed by atoms with Crippen molar-refractivity contribution >= 4 is 22.8 Å². The molecule has 1 unspecified atom stereocenters. The van der Waals surface area contributed by atoms with Gasteiger partial charge in [0, 0.05) is 26.0 Å². The first-order chi connectivity index (χ1) is 10.1. The lowest BCUT2D eigenvalue weighted by atomic mass is 10.0. The van der Waals surface area contributed by atoms with Crippen molar-refractivity contribution < 1.29 is 4.74 Å². The molecule has 0 aromatic carbocycles. The molecule has 2 aromatic heterocycles. The van der Waals surface area contributed by atoms with Crippen molar-refractivity contribution in [3.8, 4) is 0 Å². The van der Waals surface area contributed by atoms with E-state index in [0.717, 1.165) is 61.5 Å². The standard InChI is InChI=1S/C15H23ClN4O/c1-4-11-13-14(19(3)18-11)20(12(17-13)6-8-16)10-15(2)7-5-9-21-15/h4-10H2,1-3H3. The number of halogens is 1. The molecule has 1 saturated heterocycles. The number of fused-ring (bicyclic) bond motifs is 1. The Hall–Kier alpha value is -1.07. The van der Waals surface area contributed by atoms with E-state index in [4.69, 9.17) is 21.3 Å². The molecule has 116 valence electrons. The van der Waals surface area contributed by atoms with E-state index in [1.54, 1.807) is 0 Å². The lowest BCUT2D eigenvalue weighted by Gasteiger charge is -2.25. The Bertz CT molecular complexity index is 640. The van der Waals surface area contributed by atoms with E-state index in [2.05, 4.69) is 23.5 Å². The van der Waals surface area contributed by atoms with Crippen LogP contribution in [0.25, 0.3) is 11.2 Å². The van der Waals surface area contributed by atoms with E-state index < -0.39 is 0 Å². The number of imidazole rings is 1. The van der Waals surface area contributed by atoms with Gasteiger partial charge in [0.1, 0.15) is 11.3 Å². The van der Waals surface area contributed by atoms with E-state index in [9.17, 15) is 0 Å². The zero-order valence-electron chi connectivity index (χ0n) is 13.0. The first-order valence-electron chi connectivity index (χ1n) is 7.69. The fourth-order valence-corrected chi connectivity index (χ4v) is 3.43. The number of aromatic nitrogens is 4. The molecule has 0 saturated carbocycles. The lowest BCUT2D eigenvalue weighted by Crippen LogP contribution is -2.30. The minimum absolute atomic E-state index is 0.106. The maximum Gasteiger partial charge on any atom is 0.158 e. The molecule has 3 rings (SSSR count). The van der Waals surface area contributed by atoms with E-state index >= 15 is 0 Å². The van der Waals surface area contributed by atoms with Crippen LogP contribution in [-0.2, 0) is 31.2 Å². The predicted molar refractivity (Wildman–Crippen MR) is 83.9 cm³/mol. The second kappa shape index (κ2) is 5.61. The third-order valence-electron chi connectivity index (χ3n) is 4.32. The molecular weight excluding hydrogens is 288 g/mol. The summed E-state index contributed by atoms with van der Waals surface area (Å²) in [5.74, 6) is 1.62.